The van der Waals surface area contributed by atoms with Crippen LogP contribution < -0.4 is 15.2 Å². The summed E-state index contributed by atoms with van der Waals surface area (Å²) in [5, 5.41) is 0. The van der Waals surface area contributed by atoms with E-state index in [0.29, 0.717) is 12.0 Å². The summed E-state index contributed by atoms with van der Waals surface area (Å²) >= 11 is 0. The minimum Gasteiger partial charge on any atom is -0.458 e. The maximum Gasteiger partial charge on any atom is 0.513 e. The van der Waals surface area contributed by atoms with Crippen molar-refractivity contribution >= 4 is 24.4 Å². The van der Waals surface area contributed by atoms with Crippen LogP contribution in [0.2, 0.25) is 0 Å². The van der Waals surface area contributed by atoms with Crippen molar-refractivity contribution in [3.63, 3.8) is 0 Å². The Kier molecular flexibility index (Phi) is 12.4. The lowest BCUT2D eigenvalue weighted by Crippen LogP contribution is -2.39. The molecule has 0 aliphatic rings. The lowest BCUT2D eigenvalue weighted by Gasteiger charge is -2.23. The monoisotopic (exact) mass is 499 g/mol. The second-order valence-corrected chi connectivity index (χ2v) is 7.64. The van der Waals surface area contributed by atoms with Crippen LogP contribution in [0, 0.1) is 0 Å². The average molecular weight is 500 g/mol. The van der Waals surface area contributed by atoms with Gasteiger partial charge in [0.1, 0.15) is 24.4 Å². The first-order chi connectivity index (χ1) is 16.5. The van der Waals surface area contributed by atoms with Gasteiger partial charge in [0.25, 0.3) is 0 Å². The Morgan fingerprint density at radius 2 is 1.40 bits per heavy atom. The first kappa shape index (κ1) is 29.5. The number of hydrogen-bond acceptors (Lipinski definition) is 12. The van der Waals surface area contributed by atoms with Gasteiger partial charge in [0.15, 0.2) is 11.5 Å². The molecule has 196 valence electrons. The number of methoxy groups -OCH3 is 2. The Labute approximate surface area is 203 Å². The van der Waals surface area contributed by atoms with E-state index in [1.807, 2.05) is 6.92 Å². The number of ether oxygens (including phenoxy) is 7. The molecule has 12 heteroatoms. The van der Waals surface area contributed by atoms with Crippen LogP contribution in [0.15, 0.2) is 18.2 Å². The lowest BCUT2D eigenvalue weighted by molar-refractivity contribution is -0.155. The van der Waals surface area contributed by atoms with Crippen molar-refractivity contribution < 1.29 is 52.3 Å². The third-order valence-corrected chi connectivity index (χ3v) is 4.72. The van der Waals surface area contributed by atoms with Crippen LogP contribution in [0.5, 0.6) is 11.5 Å². The van der Waals surface area contributed by atoms with Crippen LogP contribution in [-0.2, 0) is 34.9 Å². The molecule has 0 saturated carbocycles. The number of benzene rings is 1. The van der Waals surface area contributed by atoms with Crippen LogP contribution in [0.25, 0.3) is 0 Å². The normalized spacial score (nSPS) is 13.9. The molecule has 1 unspecified atom stereocenters. The van der Waals surface area contributed by atoms with E-state index in [9.17, 15) is 19.2 Å². The minimum atomic E-state index is -1.10. The third kappa shape index (κ3) is 10.5. The standard InChI is InChI=1S/C23H33NO11/c1-7-8-13(2)31-23(28)33-15(4)14(3)32-20(25)17(24)11-16-9-10-18(34-21(26)29-5)19(12-16)35-22(27)30-6/h9-10,12-15,17H,7-8,11,24H2,1-6H3/t13?,14-,15-,17-/m0/s1. The molecule has 1 aromatic carbocycles. The Bertz CT molecular complexity index is 873. The van der Waals surface area contributed by atoms with E-state index in [1.54, 1.807) is 20.8 Å². The number of carbonyl (C=O) groups excluding carboxylic acids is 4. The van der Waals surface area contributed by atoms with Gasteiger partial charge in [-0.2, -0.15) is 0 Å². The van der Waals surface area contributed by atoms with Crippen molar-refractivity contribution in [2.45, 2.75) is 71.3 Å². The van der Waals surface area contributed by atoms with Crippen LogP contribution in [0.1, 0.15) is 46.1 Å². The quantitative estimate of drug-likeness (QED) is 0.268. The molecule has 1 rings (SSSR count). The first-order valence-corrected chi connectivity index (χ1v) is 11.0. The number of carbonyl (C=O) groups is 4. The molecule has 0 amide bonds. The number of esters is 1. The summed E-state index contributed by atoms with van der Waals surface area (Å²) in [4.78, 5) is 47.2. The molecular formula is C23H33NO11. The van der Waals surface area contributed by atoms with Gasteiger partial charge >= 0.3 is 24.4 Å². The average Bonchev–Trinajstić information content (AvgIpc) is 2.80. The summed E-state index contributed by atoms with van der Waals surface area (Å²) < 4.78 is 34.4. The van der Waals surface area contributed by atoms with Crippen LogP contribution >= 0.6 is 0 Å². The van der Waals surface area contributed by atoms with E-state index < -0.39 is 42.7 Å². The second kappa shape index (κ2) is 14.7. The second-order valence-electron chi connectivity index (χ2n) is 7.64. The minimum absolute atomic E-state index is 0.00655. The van der Waals surface area contributed by atoms with Gasteiger partial charge in [0, 0.05) is 0 Å². The predicted molar refractivity (Wildman–Crippen MR) is 121 cm³/mol. The molecule has 0 saturated heterocycles. The highest BCUT2D eigenvalue weighted by Gasteiger charge is 2.26. The van der Waals surface area contributed by atoms with Crippen molar-refractivity contribution in [1.29, 1.82) is 0 Å². The summed E-state index contributed by atoms with van der Waals surface area (Å²) in [6.07, 6.45) is -3.24. The Balaban J connectivity index is 2.76. The SMILES string of the molecule is CCCC(C)OC(=O)O[C@@H](C)[C@H](C)OC(=O)[C@@H](N)Cc1ccc(OC(=O)OC)c(OC(=O)OC)c1. The predicted octanol–water partition coefficient (Wildman–Crippen LogP) is 3.51. The van der Waals surface area contributed by atoms with Gasteiger partial charge in [-0.15, -0.1) is 0 Å². The lowest BCUT2D eigenvalue weighted by atomic mass is 10.1. The van der Waals surface area contributed by atoms with E-state index in [2.05, 4.69) is 9.47 Å². The largest absolute Gasteiger partial charge is 0.513 e. The van der Waals surface area contributed by atoms with Gasteiger partial charge in [-0.3, -0.25) is 4.79 Å². The highest BCUT2D eigenvalue weighted by Crippen LogP contribution is 2.30. The molecule has 2 N–H and O–H groups in total. The van der Waals surface area contributed by atoms with Crippen LogP contribution in [-0.4, -0.2) is 63.0 Å². The molecule has 0 radical (unpaired) electrons. The molecule has 0 aliphatic heterocycles. The molecule has 0 spiro atoms. The van der Waals surface area contributed by atoms with Crippen LogP contribution in [0.4, 0.5) is 14.4 Å². The fraction of sp³-hybridized carbons (Fsp3) is 0.565. The van der Waals surface area contributed by atoms with E-state index in [0.717, 1.165) is 20.6 Å². The van der Waals surface area contributed by atoms with Crippen molar-refractivity contribution in [2.24, 2.45) is 5.73 Å². The summed E-state index contributed by atoms with van der Waals surface area (Å²) in [5.41, 5.74) is 6.44. The van der Waals surface area contributed by atoms with Gasteiger partial charge < -0.3 is 38.9 Å². The molecule has 0 bridgehead atoms. The topological polar surface area (TPSA) is 159 Å². The Morgan fingerprint density at radius 1 is 0.829 bits per heavy atom. The van der Waals surface area contributed by atoms with Gasteiger partial charge in [0.2, 0.25) is 0 Å². The summed E-state index contributed by atoms with van der Waals surface area (Å²) in [6, 6.07) is 3.11. The fourth-order valence-electron chi connectivity index (χ4n) is 2.72. The Hall–Kier alpha value is -3.54. The number of rotatable bonds is 11. The van der Waals surface area contributed by atoms with Crippen molar-refractivity contribution in [2.75, 3.05) is 14.2 Å². The van der Waals surface area contributed by atoms with E-state index in [4.69, 9.17) is 29.4 Å². The zero-order valence-electron chi connectivity index (χ0n) is 20.7. The van der Waals surface area contributed by atoms with E-state index in [1.165, 1.54) is 18.2 Å². The summed E-state index contributed by atoms with van der Waals surface area (Å²) in [7, 11) is 2.22. The van der Waals surface area contributed by atoms with Crippen molar-refractivity contribution in [3.05, 3.63) is 23.8 Å². The van der Waals surface area contributed by atoms with Crippen LogP contribution in [0.3, 0.4) is 0 Å². The molecule has 0 aromatic heterocycles. The van der Waals surface area contributed by atoms with Crippen molar-refractivity contribution in [1.82, 2.24) is 0 Å². The highest BCUT2D eigenvalue weighted by atomic mass is 16.7. The Morgan fingerprint density at radius 3 is 1.97 bits per heavy atom. The summed E-state index contributed by atoms with van der Waals surface area (Å²) in [6.45, 7) is 6.84. The molecule has 35 heavy (non-hydrogen) atoms. The molecule has 0 aliphatic carbocycles. The molecule has 1 aromatic rings. The third-order valence-electron chi connectivity index (χ3n) is 4.72. The van der Waals surface area contributed by atoms with Gasteiger partial charge in [0.05, 0.1) is 14.2 Å². The highest BCUT2D eigenvalue weighted by molar-refractivity contribution is 5.76. The molecule has 12 nitrogen and oxygen atoms in total. The van der Waals surface area contributed by atoms with Gasteiger partial charge in [-0.25, -0.2) is 14.4 Å². The fourth-order valence-corrected chi connectivity index (χ4v) is 2.72. The molecule has 0 fully saturated rings. The number of nitrogens with two attached hydrogens (primary N) is 1. The zero-order chi connectivity index (χ0) is 26.5. The summed E-state index contributed by atoms with van der Waals surface area (Å²) in [5.74, 6) is -1.00. The molecule has 4 atom stereocenters. The van der Waals surface area contributed by atoms with Crippen molar-refractivity contribution in [3.8, 4) is 11.5 Å². The molecular weight excluding hydrogens is 466 g/mol. The van der Waals surface area contributed by atoms with E-state index >= 15 is 0 Å². The first-order valence-electron chi connectivity index (χ1n) is 11.0. The maximum absolute atomic E-state index is 12.5. The smallest absolute Gasteiger partial charge is 0.458 e. The molecule has 0 heterocycles. The zero-order valence-corrected chi connectivity index (χ0v) is 20.7. The van der Waals surface area contributed by atoms with E-state index in [-0.39, 0.29) is 24.0 Å². The maximum atomic E-state index is 12.5. The van der Waals surface area contributed by atoms with Gasteiger partial charge in [-0.1, -0.05) is 19.4 Å². The number of hydrogen-bond donors (Lipinski definition) is 1. The van der Waals surface area contributed by atoms with Gasteiger partial charge in [-0.05, 0) is 51.3 Å².